The summed E-state index contributed by atoms with van der Waals surface area (Å²) in [6.45, 7) is 2.55. The fourth-order valence-corrected chi connectivity index (χ4v) is 3.86. The summed E-state index contributed by atoms with van der Waals surface area (Å²) in [5.74, 6) is 0.211. The van der Waals surface area contributed by atoms with Gasteiger partial charge in [0.1, 0.15) is 5.75 Å². The highest BCUT2D eigenvalue weighted by atomic mass is 32.2. The summed E-state index contributed by atoms with van der Waals surface area (Å²) < 4.78 is 0. The van der Waals surface area contributed by atoms with Gasteiger partial charge in [-0.3, -0.25) is 9.59 Å². The van der Waals surface area contributed by atoms with Gasteiger partial charge >= 0.3 is 0 Å². The van der Waals surface area contributed by atoms with E-state index in [0.29, 0.717) is 12.1 Å². The molecule has 6 heteroatoms. The molecule has 0 saturated heterocycles. The van der Waals surface area contributed by atoms with Crippen molar-refractivity contribution >= 4 is 29.3 Å². The van der Waals surface area contributed by atoms with Gasteiger partial charge in [-0.05, 0) is 61.7 Å². The number of rotatable bonds is 9. The van der Waals surface area contributed by atoms with Gasteiger partial charge in [-0.2, -0.15) is 0 Å². The Morgan fingerprint density at radius 1 is 0.935 bits per heavy atom. The van der Waals surface area contributed by atoms with E-state index in [-0.39, 0.29) is 23.3 Å². The number of benzene rings is 3. The van der Waals surface area contributed by atoms with Gasteiger partial charge in [0.15, 0.2) is 0 Å². The van der Waals surface area contributed by atoms with Crippen molar-refractivity contribution in [1.29, 1.82) is 0 Å². The number of aromatic hydroxyl groups is 1. The molecule has 0 heterocycles. The Morgan fingerprint density at radius 2 is 1.65 bits per heavy atom. The molecule has 3 rings (SSSR count). The summed E-state index contributed by atoms with van der Waals surface area (Å²) in [7, 11) is 0. The Hall–Kier alpha value is -3.25. The fourth-order valence-electron chi connectivity index (χ4n) is 3.01. The zero-order valence-electron chi connectivity index (χ0n) is 17.4. The topological polar surface area (TPSA) is 78.4 Å². The maximum atomic E-state index is 12.6. The Bertz CT molecular complexity index is 1020. The number of hydrogen-bond donors (Lipinski definition) is 3. The van der Waals surface area contributed by atoms with E-state index in [0.717, 1.165) is 34.6 Å². The molecule has 3 aromatic rings. The maximum Gasteiger partial charge on any atom is 0.252 e. The molecule has 0 atom stereocenters. The predicted molar refractivity (Wildman–Crippen MR) is 126 cm³/mol. The molecule has 0 aliphatic rings. The average molecular weight is 435 g/mol. The van der Waals surface area contributed by atoms with Gasteiger partial charge in [0.2, 0.25) is 5.91 Å². The minimum atomic E-state index is -0.146. The lowest BCUT2D eigenvalue weighted by Gasteiger charge is -2.10. The van der Waals surface area contributed by atoms with Crippen LogP contribution in [0.3, 0.4) is 0 Å². The first-order chi connectivity index (χ1) is 15.0. The molecule has 0 fully saturated rings. The smallest absolute Gasteiger partial charge is 0.252 e. The predicted octanol–water partition coefficient (Wildman–Crippen LogP) is 4.79. The molecule has 0 bridgehead atoms. The molecule has 0 saturated carbocycles. The Kier molecular flexibility index (Phi) is 8.12. The number of phenolic OH excluding ortho intramolecular Hbond substituents is 1. The summed E-state index contributed by atoms with van der Waals surface area (Å²) in [4.78, 5) is 25.7. The molecule has 0 aliphatic carbocycles. The van der Waals surface area contributed by atoms with E-state index in [1.165, 1.54) is 11.8 Å². The molecule has 31 heavy (non-hydrogen) atoms. The monoisotopic (exact) mass is 434 g/mol. The Balaban J connectivity index is 1.48. The van der Waals surface area contributed by atoms with Crippen LogP contribution in [0.2, 0.25) is 0 Å². The van der Waals surface area contributed by atoms with Crippen LogP contribution in [0.1, 0.15) is 27.9 Å². The first kappa shape index (κ1) is 22.4. The fraction of sp³-hybridized carbons (Fsp3) is 0.200. The number of hydrogen-bond acceptors (Lipinski definition) is 4. The standard InChI is InChI=1S/C25H26N2O3S/c1-18-8-12-20(13-9-18)27-24(29)17-31-23-7-3-2-6-22(23)25(30)26-16-4-5-19-10-14-21(28)15-11-19/h2-3,6-15,28H,4-5,16-17H2,1H3,(H,26,30)(H,27,29). The third kappa shape index (κ3) is 7.19. The minimum Gasteiger partial charge on any atom is -0.508 e. The summed E-state index contributed by atoms with van der Waals surface area (Å²) in [6.07, 6.45) is 1.61. The highest BCUT2D eigenvalue weighted by Gasteiger charge is 2.12. The summed E-state index contributed by atoms with van der Waals surface area (Å²) >= 11 is 1.35. The molecular formula is C25H26N2O3S. The second-order valence-corrected chi connectivity index (χ2v) is 8.24. The van der Waals surface area contributed by atoms with Crippen LogP contribution in [0.25, 0.3) is 0 Å². The van der Waals surface area contributed by atoms with Gasteiger partial charge in [-0.15, -0.1) is 11.8 Å². The van der Waals surface area contributed by atoms with Crippen LogP contribution >= 0.6 is 11.8 Å². The first-order valence-corrected chi connectivity index (χ1v) is 11.1. The third-order valence-corrected chi connectivity index (χ3v) is 5.76. The second kappa shape index (κ2) is 11.2. The van der Waals surface area contributed by atoms with E-state index in [2.05, 4.69) is 10.6 Å². The normalized spacial score (nSPS) is 10.5. The van der Waals surface area contributed by atoms with Crippen molar-refractivity contribution in [1.82, 2.24) is 5.32 Å². The molecule has 0 spiro atoms. The van der Waals surface area contributed by atoms with Crippen molar-refractivity contribution in [2.24, 2.45) is 0 Å². The number of phenols is 1. The quantitative estimate of drug-likeness (QED) is 0.334. The largest absolute Gasteiger partial charge is 0.508 e. The van der Waals surface area contributed by atoms with E-state index in [1.807, 2.05) is 61.5 Å². The number of aryl methyl sites for hydroxylation is 2. The van der Waals surface area contributed by atoms with Crippen molar-refractivity contribution in [3.8, 4) is 5.75 Å². The van der Waals surface area contributed by atoms with E-state index in [1.54, 1.807) is 18.2 Å². The zero-order chi connectivity index (χ0) is 22.1. The van der Waals surface area contributed by atoms with Gasteiger partial charge in [-0.25, -0.2) is 0 Å². The van der Waals surface area contributed by atoms with Crippen molar-refractivity contribution < 1.29 is 14.7 Å². The molecular weight excluding hydrogens is 408 g/mol. The van der Waals surface area contributed by atoms with Crippen LogP contribution in [0.4, 0.5) is 5.69 Å². The zero-order valence-corrected chi connectivity index (χ0v) is 18.2. The summed E-state index contributed by atoms with van der Waals surface area (Å²) in [5.41, 5.74) is 3.58. The molecule has 0 aromatic heterocycles. The number of thioether (sulfide) groups is 1. The molecule has 0 radical (unpaired) electrons. The molecule has 0 unspecified atom stereocenters. The van der Waals surface area contributed by atoms with E-state index >= 15 is 0 Å². The molecule has 0 aliphatic heterocycles. The summed E-state index contributed by atoms with van der Waals surface area (Å²) in [6, 6.07) is 22.0. The SMILES string of the molecule is Cc1ccc(NC(=O)CSc2ccccc2C(=O)NCCCc2ccc(O)cc2)cc1. The van der Waals surface area contributed by atoms with Crippen molar-refractivity contribution in [2.75, 3.05) is 17.6 Å². The lowest BCUT2D eigenvalue weighted by atomic mass is 10.1. The maximum absolute atomic E-state index is 12.6. The lowest BCUT2D eigenvalue weighted by molar-refractivity contribution is -0.113. The van der Waals surface area contributed by atoms with E-state index in [9.17, 15) is 14.7 Å². The highest BCUT2D eigenvalue weighted by Crippen LogP contribution is 2.23. The highest BCUT2D eigenvalue weighted by molar-refractivity contribution is 8.00. The van der Waals surface area contributed by atoms with Crippen molar-refractivity contribution in [3.63, 3.8) is 0 Å². The van der Waals surface area contributed by atoms with Gasteiger partial charge in [-0.1, -0.05) is 42.0 Å². The van der Waals surface area contributed by atoms with Gasteiger partial charge < -0.3 is 15.7 Å². The summed E-state index contributed by atoms with van der Waals surface area (Å²) in [5, 5.41) is 15.2. The number of nitrogens with one attached hydrogen (secondary N) is 2. The molecule has 2 amide bonds. The van der Waals surface area contributed by atoms with Gasteiger partial charge in [0.25, 0.3) is 5.91 Å². The minimum absolute atomic E-state index is 0.113. The number of carbonyl (C=O) groups is 2. The van der Waals surface area contributed by atoms with Gasteiger partial charge in [0, 0.05) is 17.1 Å². The van der Waals surface area contributed by atoms with Crippen LogP contribution in [0, 0.1) is 6.92 Å². The second-order valence-electron chi connectivity index (χ2n) is 7.22. The third-order valence-electron chi connectivity index (χ3n) is 4.69. The van der Waals surface area contributed by atoms with Crippen LogP contribution in [0.5, 0.6) is 5.75 Å². The average Bonchev–Trinajstić information content (AvgIpc) is 2.78. The molecule has 5 nitrogen and oxygen atoms in total. The van der Waals surface area contributed by atoms with E-state index < -0.39 is 0 Å². The Morgan fingerprint density at radius 3 is 2.39 bits per heavy atom. The van der Waals surface area contributed by atoms with E-state index in [4.69, 9.17) is 0 Å². The van der Waals surface area contributed by atoms with Crippen molar-refractivity contribution in [3.05, 3.63) is 89.5 Å². The molecule has 160 valence electrons. The van der Waals surface area contributed by atoms with Crippen LogP contribution in [0.15, 0.2) is 77.7 Å². The van der Waals surface area contributed by atoms with Crippen LogP contribution in [-0.4, -0.2) is 29.2 Å². The number of carbonyl (C=O) groups excluding carboxylic acids is 2. The lowest BCUT2D eigenvalue weighted by Crippen LogP contribution is -2.25. The number of amides is 2. The van der Waals surface area contributed by atoms with Gasteiger partial charge in [0.05, 0.1) is 11.3 Å². The molecule has 3 aromatic carbocycles. The van der Waals surface area contributed by atoms with Crippen LogP contribution < -0.4 is 10.6 Å². The van der Waals surface area contributed by atoms with Crippen molar-refractivity contribution in [2.45, 2.75) is 24.7 Å². The number of anilines is 1. The Labute approximate surface area is 186 Å². The van der Waals surface area contributed by atoms with Crippen LogP contribution in [-0.2, 0) is 11.2 Å². The molecule has 3 N–H and O–H groups in total. The first-order valence-electron chi connectivity index (χ1n) is 10.2.